The number of unbranched alkanes of at least 4 members (excludes halogenated alkanes) is 1. The average Bonchev–Trinajstić information content (AvgIpc) is 3.54. The maximum Gasteiger partial charge on any atom is 0.309 e. The molecule has 11 heteroatoms. The molecule has 2 aromatic rings. The molecule has 0 aliphatic carbocycles. The number of rotatable bonds is 13. The van der Waals surface area contributed by atoms with Gasteiger partial charge in [-0.25, -0.2) is 17.1 Å². The van der Waals surface area contributed by atoms with E-state index in [1.807, 2.05) is 31.7 Å². The van der Waals surface area contributed by atoms with E-state index < -0.39 is 39.7 Å². The summed E-state index contributed by atoms with van der Waals surface area (Å²) >= 11 is 0. The van der Waals surface area contributed by atoms with Crippen LogP contribution in [0, 0.1) is 17.7 Å². The largest absolute Gasteiger partial charge is 0.494 e. The molecule has 2 aliphatic heterocycles. The van der Waals surface area contributed by atoms with Gasteiger partial charge in [0.15, 0.2) is 23.1 Å². The van der Waals surface area contributed by atoms with Crippen LogP contribution in [0.15, 0.2) is 36.4 Å². The van der Waals surface area contributed by atoms with Crippen LogP contribution in [0.5, 0.6) is 17.2 Å². The molecule has 1 fully saturated rings. The quantitative estimate of drug-likeness (QED) is 0.371. The third-order valence-corrected chi connectivity index (χ3v) is 9.50. The highest BCUT2D eigenvalue weighted by atomic mass is 32.2. The standard InChI is InChI=1S/C29H39FN2O7S/c1-5-6-13-40(35,36)32(16-19(2)3)12-11-31-17-22(20-7-10-25-26(15-20)39-18-38-25)27(29(33)34)28(31)21-8-9-24(37-4)23(30)14-21/h7-10,14-15,19,22,27-28H,5-6,11-13,16-18H2,1-4H3,(H,33,34)/t22-,27-,28+/m1/s1. The molecule has 0 saturated carbocycles. The number of benzene rings is 2. The lowest BCUT2D eigenvalue weighted by Gasteiger charge is -2.30. The van der Waals surface area contributed by atoms with E-state index in [9.17, 15) is 22.7 Å². The van der Waals surface area contributed by atoms with Gasteiger partial charge in [-0.05, 0) is 47.7 Å². The van der Waals surface area contributed by atoms with Crippen molar-refractivity contribution in [2.75, 3.05) is 45.8 Å². The molecule has 2 aromatic carbocycles. The minimum atomic E-state index is -3.49. The summed E-state index contributed by atoms with van der Waals surface area (Å²) in [6.07, 6.45) is 1.34. The van der Waals surface area contributed by atoms with Gasteiger partial charge in [0.25, 0.3) is 0 Å². The third kappa shape index (κ3) is 6.53. The van der Waals surface area contributed by atoms with Gasteiger partial charge in [-0.3, -0.25) is 9.69 Å². The van der Waals surface area contributed by atoms with E-state index in [-0.39, 0.29) is 30.8 Å². The molecule has 0 amide bonds. The van der Waals surface area contributed by atoms with Crippen LogP contribution < -0.4 is 14.2 Å². The van der Waals surface area contributed by atoms with E-state index in [1.165, 1.54) is 23.5 Å². The van der Waals surface area contributed by atoms with Crippen LogP contribution in [-0.4, -0.2) is 74.5 Å². The maximum absolute atomic E-state index is 14.9. The van der Waals surface area contributed by atoms with Gasteiger partial charge in [-0.2, -0.15) is 0 Å². The highest BCUT2D eigenvalue weighted by Crippen LogP contribution is 2.48. The number of ether oxygens (including phenoxy) is 3. The predicted octanol–water partition coefficient (Wildman–Crippen LogP) is 4.49. The number of halogens is 1. The summed E-state index contributed by atoms with van der Waals surface area (Å²) in [7, 11) is -2.12. The molecule has 40 heavy (non-hydrogen) atoms. The van der Waals surface area contributed by atoms with E-state index in [2.05, 4.69) is 0 Å². The molecule has 0 unspecified atom stereocenters. The SMILES string of the molecule is CCCCS(=O)(=O)N(CCN1C[C@H](c2ccc3c(c2)OCO3)[C@@H](C(=O)O)[C@@H]1c1ccc(OC)c(F)c1)CC(C)C. The van der Waals surface area contributed by atoms with Crippen molar-refractivity contribution >= 4 is 16.0 Å². The number of fused-ring (bicyclic) bond motifs is 1. The van der Waals surface area contributed by atoms with Crippen LogP contribution in [0.25, 0.3) is 0 Å². The van der Waals surface area contributed by atoms with Crippen molar-refractivity contribution in [1.29, 1.82) is 0 Å². The van der Waals surface area contributed by atoms with Crippen molar-refractivity contribution in [3.8, 4) is 17.2 Å². The van der Waals surface area contributed by atoms with E-state index in [0.29, 0.717) is 43.1 Å². The Morgan fingerprint density at radius 1 is 1.18 bits per heavy atom. The van der Waals surface area contributed by atoms with Crippen molar-refractivity contribution in [3.63, 3.8) is 0 Å². The second-order valence-electron chi connectivity index (χ2n) is 10.8. The number of aliphatic carboxylic acids is 1. The number of hydrogen-bond acceptors (Lipinski definition) is 7. The Balaban J connectivity index is 1.70. The van der Waals surface area contributed by atoms with Crippen molar-refractivity contribution in [2.24, 2.45) is 11.8 Å². The highest BCUT2D eigenvalue weighted by Gasteiger charge is 2.48. The first-order valence-electron chi connectivity index (χ1n) is 13.7. The second-order valence-corrected chi connectivity index (χ2v) is 12.9. The van der Waals surface area contributed by atoms with Crippen molar-refractivity contribution in [2.45, 2.75) is 45.6 Å². The first-order valence-corrected chi connectivity index (χ1v) is 15.3. The van der Waals surface area contributed by atoms with Crippen molar-refractivity contribution in [3.05, 3.63) is 53.3 Å². The molecular weight excluding hydrogens is 539 g/mol. The molecule has 220 valence electrons. The van der Waals surface area contributed by atoms with Gasteiger partial charge in [0.2, 0.25) is 16.8 Å². The second kappa shape index (κ2) is 12.7. The van der Waals surface area contributed by atoms with Gasteiger partial charge in [-0.1, -0.05) is 39.3 Å². The Bertz CT molecular complexity index is 1300. The van der Waals surface area contributed by atoms with Gasteiger partial charge in [-0.15, -0.1) is 0 Å². The zero-order chi connectivity index (χ0) is 29.0. The van der Waals surface area contributed by atoms with Crippen LogP contribution in [0.3, 0.4) is 0 Å². The molecule has 0 bridgehead atoms. The maximum atomic E-state index is 14.9. The molecule has 3 atom stereocenters. The Hall–Kier alpha value is -2.89. The fourth-order valence-electron chi connectivity index (χ4n) is 5.65. The van der Waals surface area contributed by atoms with Crippen LogP contribution >= 0.6 is 0 Å². The molecule has 0 spiro atoms. The Labute approximate surface area is 235 Å². The summed E-state index contributed by atoms with van der Waals surface area (Å²) in [5.41, 5.74) is 1.27. The summed E-state index contributed by atoms with van der Waals surface area (Å²) in [6, 6.07) is 9.22. The number of nitrogens with zero attached hydrogens (tertiary/aromatic N) is 2. The van der Waals surface area contributed by atoms with Crippen LogP contribution in [0.1, 0.15) is 56.7 Å². The Morgan fingerprint density at radius 2 is 1.90 bits per heavy atom. The van der Waals surface area contributed by atoms with Gasteiger partial charge in [0, 0.05) is 38.1 Å². The van der Waals surface area contributed by atoms with Crippen molar-refractivity contribution in [1.82, 2.24) is 9.21 Å². The number of carbonyl (C=O) groups is 1. The summed E-state index contributed by atoms with van der Waals surface area (Å²) in [5, 5.41) is 10.5. The number of hydrogen-bond donors (Lipinski definition) is 1. The summed E-state index contributed by atoms with van der Waals surface area (Å²) in [5.74, 6) is -1.55. The highest BCUT2D eigenvalue weighted by molar-refractivity contribution is 7.89. The summed E-state index contributed by atoms with van der Waals surface area (Å²) in [4.78, 5) is 14.8. The number of carboxylic acid groups (broad SMARTS) is 1. The van der Waals surface area contributed by atoms with E-state index in [4.69, 9.17) is 14.2 Å². The summed E-state index contributed by atoms with van der Waals surface area (Å²) in [6.45, 7) is 7.21. The number of sulfonamides is 1. The smallest absolute Gasteiger partial charge is 0.309 e. The minimum absolute atomic E-state index is 0.0672. The van der Waals surface area contributed by atoms with Crippen LogP contribution in [-0.2, 0) is 14.8 Å². The molecule has 2 heterocycles. The lowest BCUT2D eigenvalue weighted by Crippen LogP contribution is -2.42. The van der Waals surface area contributed by atoms with Crippen LogP contribution in [0.4, 0.5) is 4.39 Å². The van der Waals surface area contributed by atoms with Gasteiger partial charge >= 0.3 is 5.97 Å². The van der Waals surface area contributed by atoms with Gasteiger partial charge < -0.3 is 19.3 Å². The van der Waals surface area contributed by atoms with E-state index in [1.54, 1.807) is 18.2 Å². The fourth-order valence-corrected chi connectivity index (χ4v) is 7.45. The van der Waals surface area contributed by atoms with E-state index >= 15 is 0 Å². The normalized spacial score (nSPS) is 20.9. The van der Waals surface area contributed by atoms with E-state index in [0.717, 1.165) is 12.0 Å². The first-order chi connectivity index (χ1) is 19.1. The number of likely N-dealkylation sites (tertiary alicyclic amines) is 1. The average molecular weight is 579 g/mol. The first kappa shape index (κ1) is 30.1. The Kier molecular flexibility index (Phi) is 9.58. The van der Waals surface area contributed by atoms with Gasteiger partial charge in [0.05, 0.1) is 18.8 Å². The fraction of sp³-hybridized carbons (Fsp3) is 0.552. The van der Waals surface area contributed by atoms with Gasteiger partial charge in [0.1, 0.15) is 0 Å². The number of methoxy groups -OCH3 is 1. The lowest BCUT2D eigenvalue weighted by molar-refractivity contribution is -0.143. The Morgan fingerprint density at radius 3 is 2.55 bits per heavy atom. The predicted molar refractivity (Wildman–Crippen MR) is 149 cm³/mol. The molecular formula is C29H39FN2O7S. The lowest BCUT2D eigenvalue weighted by atomic mass is 9.82. The molecule has 1 N–H and O–H groups in total. The monoisotopic (exact) mass is 578 g/mol. The topological polar surface area (TPSA) is 106 Å². The molecule has 0 radical (unpaired) electrons. The molecule has 2 aliphatic rings. The minimum Gasteiger partial charge on any atom is -0.494 e. The third-order valence-electron chi connectivity index (χ3n) is 7.58. The number of carboxylic acids is 1. The zero-order valence-corrected chi connectivity index (χ0v) is 24.3. The summed E-state index contributed by atoms with van der Waals surface area (Å²) < 4.78 is 58.8. The molecule has 0 aromatic heterocycles. The molecule has 9 nitrogen and oxygen atoms in total. The van der Waals surface area contributed by atoms with Crippen LogP contribution in [0.2, 0.25) is 0 Å². The zero-order valence-electron chi connectivity index (χ0n) is 23.5. The molecule has 4 rings (SSSR count). The molecule has 1 saturated heterocycles. The van der Waals surface area contributed by atoms with Crippen molar-refractivity contribution < 1.29 is 36.9 Å².